The Morgan fingerprint density at radius 3 is 2.20 bits per heavy atom. The van der Waals surface area contributed by atoms with Crippen molar-refractivity contribution in [2.24, 2.45) is 0 Å². The second kappa shape index (κ2) is 8.11. The predicted octanol–water partition coefficient (Wildman–Crippen LogP) is 5.74. The summed E-state index contributed by atoms with van der Waals surface area (Å²) in [7, 11) is 0. The Labute approximate surface area is 131 Å². The van der Waals surface area contributed by atoms with Gasteiger partial charge in [-0.1, -0.05) is 29.4 Å². The highest BCUT2D eigenvalue weighted by Crippen LogP contribution is 2.30. The summed E-state index contributed by atoms with van der Waals surface area (Å²) in [5.41, 5.74) is 3.58. The lowest BCUT2D eigenvalue weighted by Gasteiger charge is -2.34. The van der Waals surface area contributed by atoms with Gasteiger partial charge in [0.05, 0.1) is 5.69 Å². The third kappa shape index (κ3) is 5.01. The van der Waals surface area contributed by atoms with E-state index in [4.69, 9.17) is 0 Å². The normalized spacial score (nSPS) is 10.4. The topological polar surface area (TPSA) is 3.24 Å². The first-order valence-electron chi connectivity index (χ1n) is 6.86. The molecule has 0 fully saturated rings. The van der Waals surface area contributed by atoms with E-state index in [1.807, 2.05) is 12.1 Å². The van der Waals surface area contributed by atoms with Gasteiger partial charge >= 0.3 is 0 Å². The largest absolute Gasteiger partial charge is 0.363 e. The second-order valence-electron chi connectivity index (χ2n) is 5.37. The van der Waals surface area contributed by atoms with Crippen molar-refractivity contribution in [2.75, 3.05) is 11.4 Å². The van der Waals surface area contributed by atoms with Crippen molar-refractivity contribution in [1.82, 2.24) is 0 Å². The van der Waals surface area contributed by atoms with Crippen molar-refractivity contribution in [3.8, 4) is 0 Å². The van der Waals surface area contributed by atoms with E-state index in [1.54, 1.807) is 0 Å². The summed E-state index contributed by atoms with van der Waals surface area (Å²) in [6, 6.07) is 8.67. The standard InChI is InChI=1S/C18H24BrN/c1-6-11-20(18-10-8-7-9-17(18)19)16(12-14(2)3)13-15(4)5/h6-10,16H,1-2,4,11-13H2,3,5H3. The smallest absolute Gasteiger partial charge is 0.0516 e. The summed E-state index contributed by atoms with van der Waals surface area (Å²) >= 11 is 3.65. The molecule has 0 atom stereocenters. The van der Waals surface area contributed by atoms with Gasteiger partial charge in [-0.2, -0.15) is 0 Å². The summed E-state index contributed by atoms with van der Waals surface area (Å²) in [5, 5.41) is 0. The molecule has 0 bridgehead atoms. The van der Waals surface area contributed by atoms with E-state index in [0.29, 0.717) is 6.04 Å². The van der Waals surface area contributed by atoms with Gasteiger partial charge < -0.3 is 4.90 Å². The van der Waals surface area contributed by atoms with E-state index in [2.05, 4.69) is 72.6 Å². The van der Waals surface area contributed by atoms with Crippen LogP contribution in [0.4, 0.5) is 5.69 Å². The van der Waals surface area contributed by atoms with Crippen LogP contribution in [-0.4, -0.2) is 12.6 Å². The zero-order valence-electron chi connectivity index (χ0n) is 12.5. The predicted molar refractivity (Wildman–Crippen MR) is 94.3 cm³/mol. The number of rotatable bonds is 8. The monoisotopic (exact) mass is 333 g/mol. The third-order valence-corrected chi connectivity index (χ3v) is 3.77. The minimum atomic E-state index is 0.363. The van der Waals surface area contributed by atoms with Crippen molar-refractivity contribution in [3.63, 3.8) is 0 Å². The Balaban J connectivity index is 3.12. The SMILES string of the molecule is C=CCN(c1ccccc1Br)C(CC(=C)C)CC(=C)C. The minimum Gasteiger partial charge on any atom is -0.363 e. The number of hydrogen-bond donors (Lipinski definition) is 0. The van der Waals surface area contributed by atoms with Gasteiger partial charge in [0, 0.05) is 17.1 Å². The maximum Gasteiger partial charge on any atom is 0.0516 e. The van der Waals surface area contributed by atoms with Crippen molar-refractivity contribution < 1.29 is 0 Å². The number of benzene rings is 1. The molecule has 0 aliphatic rings. The molecule has 20 heavy (non-hydrogen) atoms. The zero-order valence-corrected chi connectivity index (χ0v) is 14.1. The quantitative estimate of drug-likeness (QED) is 0.548. The molecule has 0 unspecified atom stereocenters. The van der Waals surface area contributed by atoms with Gasteiger partial charge in [-0.25, -0.2) is 0 Å². The molecular formula is C18H24BrN. The molecule has 108 valence electrons. The maximum atomic E-state index is 4.07. The molecule has 0 aromatic heterocycles. The molecule has 2 heteroatoms. The number of anilines is 1. The van der Waals surface area contributed by atoms with E-state index in [9.17, 15) is 0 Å². The highest BCUT2D eigenvalue weighted by molar-refractivity contribution is 9.10. The van der Waals surface area contributed by atoms with Gasteiger partial charge in [-0.15, -0.1) is 19.7 Å². The molecule has 0 spiro atoms. The van der Waals surface area contributed by atoms with Gasteiger partial charge in [0.25, 0.3) is 0 Å². The van der Waals surface area contributed by atoms with E-state index in [0.717, 1.165) is 23.9 Å². The molecule has 0 saturated carbocycles. The Bertz CT molecular complexity index is 474. The fourth-order valence-corrected chi connectivity index (χ4v) is 2.88. The van der Waals surface area contributed by atoms with Gasteiger partial charge in [-0.05, 0) is 54.8 Å². The summed E-state index contributed by atoms with van der Waals surface area (Å²) < 4.78 is 1.11. The first-order valence-corrected chi connectivity index (χ1v) is 7.65. The number of nitrogens with zero attached hydrogens (tertiary/aromatic N) is 1. The van der Waals surface area contributed by atoms with Crippen molar-refractivity contribution in [2.45, 2.75) is 32.7 Å². The molecular weight excluding hydrogens is 310 g/mol. The summed E-state index contributed by atoms with van der Waals surface area (Å²) in [6.07, 6.45) is 3.87. The van der Waals surface area contributed by atoms with Crippen LogP contribution in [0.5, 0.6) is 0 Å². The third-order valence-electron chi connectivity index (χ3n) is 3.10. The summed E-state index contributed by atoms with van der Waals surface area (Å²) in [6.45, 7) is 17.0. The molecule has 1 rings (SSSR count). The molecule has 0 radical (unpaired) electrons. The highest BCUT2D eigenvalue weighted by atomic mass is 79.9. The lowest BCUT2D eigenvalue weighted by molar-refractivity contribution is 0.599. The number of halogens is 1. The number of para-hydroxylation sites is 1. The van der Waals surface area contributed by atoms with Crippen LogP contribution in [0.25, 0.3) is 0 Å². The Kier molecular flexibility index (Phi) is 6.80. The van der Waals surface area contributed by atoms with Crippen LogP contribution < -0.4 is 4.90 Å². The minimum absolute atomic E-state index is 0.363. The average Bonchev–Trinajstić information content (AvgIpc) is 2.35. The Morgan fingerprint density at radius 2 is 1.75 bits per heavy atom. The van der Waals surface area contributed by atoms with Gasteiger partial charge in [0.2, 0.25) is 0 Å². The van der Waals surface area contributed by atoms with Crippen LogP contribution in [0, 0.1) is 0 Å². The summed E-state index contributed by atoms with van der Waals surface area (Å²) in [5.74, 6) is 0. The van der Waals surface area contributed by atoms with Gasteiger partial charge in [0.15, 0.2) is 0 Å². The molecule has 1 aromatic rings. The lowest BCUT2D eigenvalue weighted by Crippen LogP contribution is -2.36. The van der Waals surface area contributed by atoms with E-state index < -0.39 is 0 Å². The van der Waals surface area contributed by atoms with Crippen LogP contribution in [0.3, 0.4) is 0 Å². The molecule has 0 aliphatic heterocycles. The molecule has 0 aliphatic carbocycles. The molecule has 0 N–H and O–H groups in total. The maximum absolute atomic E-state index is 4.07. The van der Waals surface area contributed by atoms with E-state index in [1.165, 1.54) is 16.8 Å². The highest BCUT2D eigenvalue weighted by Gasteiger charge is 2.19. The Morgan fingerprint density at radius 1 is 1.20 bits per heavy atom. The molecule has 1 aromatic carbocycles. The zero-order chi connectivity index (χ0) is 15.1. The summed E-state index contributed by atoms with van der Waals surface area (Å²) in [4.78, 5) is 2.38. The second-order valence-corrected chi connectivity index (χ2v) is 6.22. The van der Waals surface area contributed by atoms with Crippen LogP contribution in [0.2, 0.25) is 0 Å². The van der Waals surface area contributed by atoms with Crippen LogP contribution >= 0.6 is 15.9 Å². The molecule has 0 amide bonds. The fourth-order valence-electron chi connectivity index (χ4n) is 2.36. The van der Waals surface area contributed by atoms with Crippen molar-refractivity contribution in [3.05, 3.63) is 65.7 Å². The van der Waals surface area contributed by atoms with Crippen molar-refractivity contribution >= 4 is 21.6 Å². The fraction of sp³-hybridized carbons (Fsp3) is 0.333. The van der Waals surface area contributed by atoms with E-state index in [-0.39, 0.29) is 0 Å². The van der Waals surface area contributed by atoms with Gasteiger partial charge in [0.1, 0.15) is 0 Å². The Hall–Kier alpha value is -1.28. The van der Waals surface area contributed by atoms with Crippen molar-refractivity contribution in [1.29, 1.82) is 0 Å². The van der Waals surface area contributed by atoms with E-state index >= 15 is 0 Å². The molecule has 1 nitrogen and oxygen atoms in total. The van der Waals surface area contributed by atoms with Crippen LogP contribution in [0.15, 0.2) is 65.7 Å². The first-order chi connectivity index (χ1) is 9.45. The molecule has 0 heterocycles. The number of hydrogen-bond acceptors (Lipinski definition) is 1. The van der Waals surface area contributed by atoms with Crippen LogP contribution in [-0.2, 0) is 0 Å². The first kappa shape index (κ1) is 16.8. The average molecular weight is 334 g/mol. The van der Waals surface area contributed by atoms with Crippen LogP contribution in [0.1, 0.15) is 26.7 Å². The van der Waals surface area contributed by atoms with Gasteiger partial charge in [-0.3, -0.25) is 0 Å². The lowest BCUT2D eigenvalue weighted by atomic mass is 9.99. The molecule has 0 saturated heterocycles.